The van der Waals surface area contributed by atoms with E-state index in [1.165, 1.54) is 7.11 Å². The molecule has 0 saturated heterocycles. The number of H-pyrrole nitrogens is 1. The van der Waals surface area contributed by atoms with Gasteiger partial charge < -0.3 is 19.4 Å². The number of methoxy groups -OCH3 is 1. The Morgan fingerprint density at radius 1 is 1.32 bits per heavy atom. The molecule has 1 heterocycles. The Balaban J connectivity index is 1.96. The van der Waals surface area contributed by atoms with Crippen LogP contribution in [0.4, 0.5) is 0 Å². The molecule has 19 heavy (non-hydrogen) atoms. The Kier molecular flexibility index (Phi) is 3.79. The lowest BCUT2D eigenvalue weighted by molar-refractivity contribution is 0.373. The Bertz CT molecular complexity index is 614. The molecule has 1 aromatic carbocycles. The van der Waals surface area contributed by atoms with Crippen LogP contribution in [0.5, 0.6) is 17.4 Å². The summed E-state index contributed by atoms with van der Waals surface area (Å²) in [6.45, 7) is 0. The third-order valence-electron chi connectivity index (χ3n) is 2.81. The maximum atomic E-state index is 10.8. The summed E-state index contributed by atoms with van der Waals surface area (Å²) >= 11 is 0. The molecule has 1 aromatic heterocycles. The molecule has 0 radical (unpaired) electrons. The van der Waals surface area contributed by atoms with Crippen molar-refractivity contribution in [3.63, 3.8) is 0 Å². The second-order valence-corrected chi connectivity index (χ2v) is 4.15. The summed E-state index contributed by atoms with van der Waals surface area (Å²) in [6.07, 6.45) is 1.86. The van der Waals surface area contributed by atoms with Crippen molar-refractivity contribution in [3.05, 3.63) is 40.1 Å². The SMILES string of the molecule is COc1cc(CCCc2oc(=O)[nH]c2O)ccc1O. The summed E-state index contributed by atoms with van der Waals surface area (Å²) in [5, 5.41) is 18.8. The maximum Gasteiger partial charge on any atom is 0.419 e. The predicted octanol–water partition coefficient (Wildman–Crippen LogP) is 1.56. The van der Waals surface area contributed by atoms with E-state index in [4.69, 9.17) is 9.15 Å². The van der Waals surface area contributed by atoms with Crippen molar-refractivity contribution in [2.75, 3.05) is 7.11 Å². The van der Waals surface area contributed by atoms with Gasteiger partial charge in [0.2, 0.25) is 5.88 Å². The first kappa shape index (κ1) is 13.1. The van der Waals surface area contributed by atoms with Crippen molar-refractivity contribution < 1.29 is 19.4 Å². The fourth-order valence-electron chi connectivity index (χ4n) is 1.85. The third-order valence-corrected chi connectivity index (χ3v) is 2.81. The number of hydrogen-bond donors (Lipinski definition) is 3. The van der Waals surface area contributed by atoms with Crippen molar-refractivity contribution in [1.82, 2.24) is 4.98 Å². The first-order valence-corrected chi connectivity index (χ1v) is 5.87. The number of rotatable bonds is 5. The maximum absolute atomic E-state index is 10.8. The summed E-state index contributed by atoms with van der Waals surface area (Å²) in [5.74, 6) is -0.0862. The molecular weight excluding hydrogens is 250 g/mol. The Morgan fingerprint density at radius 3 is 2.74 bits per heavy atom. The summed E-state index contributed by atoms with van der Waals surface area (Å²) in [7, 11) is 1.49. The van der Waals surface area contributed by atoms with E-state index in [9.17, 15) is 15.0 Å². The Labute approximate surface area is 109 Å². The van der Waals surface area contributed by atoms with Gasteiger partial charge in [-0.15, -0.1) is 0 Å². The quantitative estimate of drug-likeness (QED) is 0.762. The molecule has 0 bridgehead atoms. The van der Waals surface area contributed by atoms with Crippen LogP contribution in [0, 0.1) is 0 Å². The van der Waals surface area contributed by atoms with Crippen molar-refractivity contribution >= 4 is 0 Å². The molecule has 0 amide bonds. The Morgan fingerprint density at radius 2 is 2.11 bits per heavy atom. The van der Waals surface area contributed by atoms with Crippen molar-refractivity contribution in [3.8, 4) is 17.4 Å². The highest BCUT2D eigenvalue weighted by atomic mass is 16.5. The van der Waals surface area contributed by atoms with E-state index in [0.717, 1.165) is 5.56 Å². The zero-order valence-corrected chi connectivity index (χ0v) is 10.5. The molecule has 0 atom stereocenters. The number of benzene rings is 1. The van der Waals surface area contributed by atoms with Gasteiger partial charge >= 0.3 is 5.76 Å². The largest absolute Gasteiger partial charge is 0.504 e. The van der Waals surface area contributed by atoms with Gasteiger partial charge in [-0.3, -0.25) is 4.98 Å². The minimum Gasteiger partial charge on any atom is -0.504 e. The van der Waals surface area contributed by atoms with Crippen LogP contribution in [0.25, 0.3) is 0 Å². The lowest BCUT2D eigenvalue weighted by Crippen LogP contribution is -1.93. The molecule has 0 aliphatic carbocycles. The van der Waals surface area contributed by atoms with E-state index in [1.54, 1.807) is 18.2 Å². The van der Waals surface area contributed by atoms with Gasteiger partial charge in [0.25, 0.3) is 0 Å². The number of phenolic OH excluding ortho intramolecular Hbond substituents is 1. The number of hydrogen-bond acceptors (Lipinski definition) is 5. The van der Waals surface area contributed by atoms with E-state index in [0.29, 0.717) is 25.0 Å². The summed E-state index contributed by atoms with van der Waals surface area (Å²) in [4.78, 5) is 13.0. The third kappa shape index (κ3) is 3.09. The molecule has 2 rings (SSSR count). The number of aromatic nitrogens is 1. The first-order valence-electron chi connectivity index (χ1n) is 5.87. The highest BCUT2D eigenvalue weighted by Gasteiger charge is 2.08. The molecule has 0 fully saturated rings. The Hall–Kier alpha value is -2.37. The minimum absolute atomic E-state index is 0.0977. The van der Waals surface area contributed by atoms with Gasteiger partial charge in [0, 0.05) is 6.42 Å². The number of oxazole rings is 1. The topological polar surface area (TPSA) is 95.7 Å². The van der Waals surface area contributed by atoms with Crippen LogP contribution in [0.15, 0.2) is 27.4 Å². The molecule has 2 aromatic rings. The monoisotopic (exact) mass is 265 g/mol. The van der Waals surface area contributed by atoms with Crippen LogP contribution < -0.4 is 10.5 Å². The molecule has 102 valence electrons. The summed E-state index contributed by atoms with van der Waals surface area (Å²) in [5.41, 5.74) is 0.993. The van der Waals surface area contributed by atoms with Crippen LogP contribution in [-0.2, 0) is 12.8 Å². The molecule has 0 spiro atoms. The molecule has 6 nitrogen and oxygen atoms in total. The summed E-state index contributed by atoms with van der Waals surface area (Å²) < 4.78 is 9.81. The number of ether oxygens (including phenoxy) is 1. The highest BCUT2D eigenvalue weighted by molar-refractivity contribution is 5.41. The lowest BCUT2D eigenvalue weighted by Gasteiger charge is -2.06. The van der Waals surface area contributed by atoms with Crippen molar-refractivity contribution in [2.45, 2.75) is 19.3 Å². The minimum atomic E-state index is -0.654. The van der Waals surface area contributed by atoms with E-state index in [-0.39, 0.29) is 17.4 Å². The van der Waals surface area contributed by atoms with Crippen LogP contribution in [0.1, 0.15) is 17.7 Å². The van der Waals surface area contributed by atoms with Crippen molar-refractivity contribution in [1.29, 1.82) is 0 Å². The fraction of sp³-hybridized carbons (Fsp3) is 0.308. The summed E-state index contributed by atoms with van der Waals surface area (Å²) in [6, 6.07) is 5.12. The number of aryl methyl sites for hydroxylation is 2. The van der Waals surface area contributed by atoms with Crippen LogP contribution >= 0.6 is 0 Å². The molecule has 0 saturated carbocycles. The highest BCUT2D eigenvalue weighted by Crippen LogP contribution is 2.27. The van der Waals surface area contributed by atoms with Crippen molar-refractivity contribution in [2.24, 2.45) is 0 Å². The van der Waals surface area contributed by atoms with Gasteiger partial charge in [-0.2, -0.15) is 0 Å². The van der Waals surface area contributed by atoms with Gasteiger partial charge in [0.1, 0.15) is 0 Å². The van der Waals surface area contributed by atoms with E-state index in [2.05, 4.69) is 4.98 Å². The van der Waals surface area contributed by atoms with Crippen LogP contribution in [0.3, 0.4) is 0 Å². The molecule has 0 aliphatic heterocycles. The van der Waals surface area contributed by atoms with Crippen LogP contribution in [-0.4, -0.2) is 22.3 Å². The molecule has 3 N–H and O–H groups in total. The normalized spacial score (nSPS) is 10.6. The van der Waals surface area contributed by atoms with Crippen LogP contribution in [0.2, 0.25) is 0 Å². The second kappa shape index (κ2) is 5.51. The predicted molar refractivity (Wildman–Crippen MR) is 67.7 cm³/mol. The number of aromatic hydroxyl groups is 2. The fourth-order valence-corrected chi connectivity index (χ4v) is 1.85. The first-order chi connectivity index (χ1) is 9.10. The number of aromatic amines is 1. The van der Waals surface area contributed by atoms with Gasteiger partial charge in [0.15, 0.2) is 17.3 Å². The zero-order valence-electron chi connectivity index (χ0n) is 10.5. The van der Waals surface area contributed by atoms with Gasteiger partial charge in [0.05, 0.1) is 7.11 Å². The van der Waals surface area contributed by atoms with E-state index in [1.807, 2.05) is 0 Å². The smallest absolute Gasteiger partial charge is 0.419 e. The number of phenols is 1. The zero-order chi connectivity index (χ0) is 13.8. The van der Waals surface area contributed by atoms with Gasteiger partial charge in [-0.1, -0.05) is 6.07 Å². The average Bonchev–Trinajstić information content (AvgIpc) is 2.70. The average molecular weight is 265 g/mol. The van der Waals surface area contributed by atoms with E-state index >= 15 is 0 Å². The molecule has 6 heteroatoms. The molecular formula is C13H15NO5. The lowest BCUT2D eigenvalue weighted by atomic mass is 10.1. The van der Waals surface area contributed by atoms with Gasteiger partial charge in [-0.25, -0.2) is 4.79 Å². The van der Waals surface area contributed by atoms with Gasteiger partial charge in [-0.05, 0) is 30.5 Å². The second-order valence-electron chi connectivity index (χ2n) is 4.15. The molecule has 0 aliphatic rings. The molecule has 0 unspecified atom stereocenters. The standard InChI is InChI=1S/C13H15NO5/c1-18-11-7-8(5-6-9(11)15)3-2-4-10-12(16)14-13(17)19-10/h5-7,15-16H,2-4H2,1H3,(H,14,17). The number of nitrogens with one attached hydrogen (secondary N) is 1. The van der Waals surface area contributed by atoms with E-state index < -0.39 is 5.76 Å².